The van der Waals surface area contributed by atoms with Gasteiger partial charge >= 0.3 is 6.18 Å². The van der Waals surface area contributed by atoms with Crippen LogP contribution in [0.1, 0.15) is 41.5 Å². The molecule has 2 atom stereocenters. The first-order chi connectivity index (χ1) is 15.7. The molecule has 13 heteroatoms. The number of rotatable bonds is 9. The van der Waals surface area contributed by atoms with Crippen LogP contribution in [0, 0.1) is 36.4 Å². The van der Waals surface area contributed by atoms with Crippen molar-refractivity contribution in [1.82, 2.24) is 10.5 Å². The molecule has 0 aliphatic heterocycles. The van der Waals surface area contributed by atoms with E-state index in [1.165, 1.54) is 13.8 Å². The minimum Gasteiger partial charge on any atom is -0.368 e. The number of carbonyl (C=O) groups is 1. The Hall–Kier alpha value is -2.98. The van der Waals surface area contributed by atoms with Gasteiger partial charge < -0.3 is 10.3 Å². The topological polar surface area (TPSA) is 139 Å². The Balaban J connectivity index is 2.10. The summed E-state index contributed by atoms with van der Waals surface area (Å²) < 4.78 is 86.9. The molecule has 184 valence electrons. The lowest BCUT2D eigenvalue weighted by Crippen LogP contribution is -2.67. The highest BCUT2D eigenvalue weighted by Crippen LogP contribution is 2.55. The van der Waals surface area contributed by atoms with Crippen LogP contribution < -0.4 is 11.1 Å². The van der Waals surface area contributed by atoms with Crippen LogP contribution in [-0.2, 0) is 20.4 Å². The molecule has 1 aromatic heterocycles. The Morgan fingerprint density at radius 3 is 2.29 bits per heavy atom. The molecule has 0 saturated heterocycles. The Labute approximate surface area is 193 Å². The van der Waals surface area contributed by atoms with Crippen molar-refractivity contribution in [2.75, 3.05) is 5.75 Å². The Morgan fingerprint density at radius 1 is 1.29 bits per heavy atom. The zero-order chi connectivity index (χ0) is 25.5. The van der Waals surface area contributed by atoms with Crippen LogP contribution in [-0.4, -0.2) is 36.9 Å². The average Bonchev–Trinajstić information content (AvgIpc) is 3.48. The van der Waals surface area contributed by atoms with Crippen molar-refractivity contribution in [3.8, 4) is 6.07 Å². The molecule has 0 spiro atoms. The lowest BCUT2D eigenvalue weighted by atomic mass is 9.81. The highest BCUT2D eigenvalue weighted by molar-refractivity contribution is 7.90. The highest BCUT2D eigenvalue weighted by Gasteiger charge is 2.67. The molecule has 1 aliphatic rings. The zero-order valence-electron chi connectivity index (χ0n) is 18.2. The van der Waals surface area contributed by atoms with Gasteiger partial charge in [0.25, 0.3) is 0 Å². The van der Waals surface area contributed by atoms with E-state index in [0.29, 0.717) is 0 Å². The summed E-state index contributed by atoms with van der Waals surface area (Å²) in [6, 6.07) is 2.53. The molecule has 1 amide bonds. The number of hydrogen-bond donors (Lipinski definition) is 2. The van der Waals surface area contributed by atoms with E-state index in [2.05, 4.69) is 10.5 Å². The lowest BCUT2D eigenvalue weighted by molar-refractivity contribution is -0.165. The van der Waals surface area contributed by atoms with Gasteiger partial charge in [-0.15, -0.1) is 0 Å². The maximum atomic E-state index is 14.1. The number of nitrogens with one attached hydrogen (secondary N) is 1. The molecule has 1 fully saturated rings. The standard InChI is InChI=1S/C21H22F4N4O4S/c1-12-16(13(2)33-29-12)9-34(31,32)11-20(18(27)30,19(10-26)7-8-19)28-17(21(23,24)25)14-3-5-15(22)6-4-14/h3-6,17,28H,7-9,11H2,1-2H3,(H2,27,30)/t17-,20-/m0/s1. The maximum Gasteiger partial charge on any atom is 0.407 e. The summed E-state index contributed by atoms with van der Waals surface area (Å²) in [6.45, 7) is 2.96. The fourth-order valence-corrected chi connectivity index (χ4v) is 6.14. The molecular formula is C21H22F4N4O4S. The number of benzene rings is 1. The number of amides is 1. The average molecular weight is 502 g/mol. The van der Waals surface area contributed by atoms with Crippen molar-refractivity contribution in [2.45, 2.75) is 50.2 Å². The molecule has 1 heterocycles. The first kappa shape index (κ1) is 25.6. The molecule has 1 aromatic carbocycles. The third-order valence-corrected chi connectivity index (χ3v) is 7.71. The van der Waals surface area contributed by atoms with Crippen molar-refractivity contribution < 1.29 is 35.3 Å². The van der Waals surface area contributed by atoms with E-state index in [9.17, 15) is 36.0 Å². The first-order valence-corrected chi connectivity index (χ1v) is 11.9. The number of aromatic nitrogens is 1. The summed E-state index contributed by atoms with van der Waals surface area (Å²) in [5, 5.41) is 15.5. The maximum absolute atomic E-state index is 14.1. The molecule has 2 aromatic rings. The molecule has 3 rings (SSSR count). The van der Waals surface area contributed by atoms with E-state index in [1.54, 1.807) is 0 Å². The second-order valence-corrected chi connectivity index (χ2v) is 10.5. The number of carbonyl (C=O) groups excluding carboxylic acids is 1. The van der Waals surface area contributed by atoms with Gasteiger partial charge in [0.2, 0.25) is 5.91 Å². The highest BCUT2D eigenvalue weighted by atomic mass is 32.2. The van der Waals surface area contributed by atoms with E-state index in [0.717, 1.165) is 24.3 Å². The van der Waals surface area contributed by atoms with Crippen molar-refractivity contribution >= 4 is 15.7 Å². The van der Waals surface area contributed by atoms with E-state index in [4.69, 9.17) is 10.3 Å². The van der Waals surface area contributed by atoms with Crippen LogP contribution >= 0.6 is 0 Å². The third kappa shape index (κ3) is 4.78. The Bertz CT molecular complexity index is 1210. The number of nitrogens with two attached hydrogens (primary N) is 1. The number of halogens is 4. The molecule has 0 bridgehead atoms. The summed E-state index contributed by atoms with van der Waals surface area (Å²) in [4.78, 5) is 12.7. The van der Waals surface area contributed by atoms with Crippen molar-refractivity contribution in [3.05, 3.63) is 52.7 Å². The SMILES string of the molecule is Cc1noc(C)c1CS(=O)(=O)C[C@](N[C@@H](c1ccc(F)cc1)C(F)(F)F)(C(N)=O)C1(C#N)CC1. The Morgan fingerprint density at radius 2 is 1.88 bits per heavy atom. The van der Waals surface area contributed by atoms with Gasteiger partial charge in [-0.1, -0.05) is 17.3 Å². The fourth-order valence-electron chi connectivity index (χ4n) is 4.02. The number of alkyl halides is 3. The van der Waals surface area contributed by atoms with Gasteiger partial charge in [0.1, 0.15) is 23.2 Å². The van der Waals surface area contributed by atoms with Gasteiger partial charge in [-0.25, -0.2) is 12.8 Å². The number of hydrogen-bond acceptors (Lipinski definition) is 7. The Kier molecular flexibility index (Phi) is 6.53. The summed E-state index contributed by atoms with van der Waals surface area (Å²) in [5.41, 5.74) is 1.18. The van der Waals surface area contributed by atoms with E-state index < -0.39 is 61.8 Å². The predicted molar refractivity (Wildman–Crippen MR) is 111 cm³/mol. The number of aryl methyl sites for hydroxylation is 2. The second kappa shape index (κ2) is 8.66. The molecule has 34 heavy (non-hydrogen) atoms. The predicted octanol–water partition coefficient (Wildman–Crippen LogP) is 2.77. The normalized spacial score (nSPS) is 18.0. The minimum atomic E-state index is -5.03. The summed E-state index contributed by atoms with van der Waals surface area (Å²) in [7, 11) is -4.33. The molecule has 1 aliphatic carbocycles. The van der Waals surface area contributed by atoms with E-state index >= 15 is 0 Å². The first-order valence-electron chi connectivity index (χ1n) is 10.1. The van der Waals surface area contributed by atoms with Crippen molar-refractivity contribution in [2.24, 2.45) is 11.1 Å². The van der Waals surface area contributed by atoms with Crippen LogP contribution in [0.5, 0.6) is 0 Å². The van der Waals surface area contributed by atoms with Crippen molar-refractivity contribution in [3.63, 3.8) is 0 Å². The zero-order valence-corrected chi connectivity index (χ0v) is 19.1. The molecule has 1 saturated carbocycles. The molecule has 3 N–H and O–H groups in total. The largest absolute Gasteiger partial charge is 0.407 e. The van der Waals surface area contributed by atoms with Gasteiger partial charge in [-0.2, -0.15) is 18.4 Å². The quantitative estimate of drug-likeness (QED) is 0.503. The summed E-state index contributed by atoms with van der Waals surface area (Å²) >= 11 is 0. The summed E-state index contributed by atoms with van der Waals surface area (Å²) in [6.07, 6.45) is -5.10. The molecule has 0 unspecified atom stereocenters. The van der Waals surface area contributed by atoms with E-state index in [-0.39, 0.29) is 29.9 Å². The van der Waals surface area contributed by atoms with Gasteiger partial charge in [0, 0.05) is 5.56 Å². The molecule has 0 radical (unpaired) electrons. The van der Waals surface area contributed by atoms with Gasteiger partial charge in [-0.3, -0.25) is 10.1 Å². The monoisotopic (exact) mass is 502 g/mol. The third-order valence-electron chi connectivity index (χ3n) is 6.10. The van der Waals surface area contributed by atoms with Crippen LogP contribution in [0.25, 0.3) is 0 Å². The number of primary amides is 1. The lowest BCUT2D eigenvalue weighted by Gasteiger charge is -2.39. The minimum absolute atomic E-state index is 0.0335. The van der Waals surface area contributed by atoms with Crippen LogP contribution in [0.3, 0.4) is 0 Å². The number of nitriles is 1. The molecular weight excluding hydrogens is 480 g/mol. The van der Waals surface area contributed by atoms with Gasteiger partial charge in [0.15, 0.2) is 9.84 Å². The second-order valence-electron chi connectivity index (χ2n) is 8.47. The summed E-state index contributed by atoms with van der Waals surface area (Å²) in [5.74, 6) is -3.85. The van der Waals surface area contributed by atoms with E-state index in [1.807, 2.05) is 6.07 Å². The fraction of sp³-hybridized carbons (Fsp3) is 0.476. The van der Waals surface area contributed by atoms with Crippen LogP contribution in [0.4, 0.5) is 17.6 Å². The molecule has 8 nitrogen and oxygen atoms in total. The van der Waals surface area contributed by atoms with Crippen molar-refractivity contribution in [1.29, 1.82) is 5.26 Å². The van der Waals surface area contributed by atoms with Crippen LogP contribution in [0.15, 0.2) is 28.8 Å². The number of sulfone groups is 1. The van der Waals surface area contributed by atoms with Gasteiger partial charge in [-0.05, 0) is 44.4 Å². The van der Waals surface area contributed by atoms with Crippen LogP contribution in [0.2, 0.25) is 0 Å². The van der Waals surface area contributed by atoms with Gasteiger partial charge in [0.05, 0.1) is 28.7 Å². The number of nitrogens with zero attached hydrogens (tertiary/aromatic N) is 2. The smallest absolute Gasteiger partial charge is 0.368 e.